The molecule has 0 bridgehead atoms. The number of β-lactam (4-membered cyclic amide) rings is 1. The largest absolute Gasteiger partial charge is 0.448 e. The minimum atomic E-state index is -0.890. The Labute approximate surface area is 257 Å². The van der Waals surface area contributed by atoms with Crippen LogP contribution in [0.5, 0.6) is 0 Å². The number of allylic oxidation sites excluding steroid dienone is 2. The number of nitrogen functional groups attached to an aromatic ring is 1. The van der Waals surface area contributed by atoms with E-state index in [1.807, 2.05) is 72.8 Å². The van der Waals surface area contributed by atoms with E-state index < -0.39 is 35.3 Å². The number of thioether (sulfide) groups is 1. The van der Waals surface area contributed by atoms with Gasteiger partial charge >= 0.3 is 5.97 Å². The lowest BCUT2D eigenvalue weighted by Crippen LogP contribution is -2.71. The van der Waals surface area contributed by atoms with Crippen molar-refractivity contribution in [3.8, 4) is 0 Å². The van der Waals surface area contributed by atoms with Crippen LogP contribution in [0.25, 0.3) is 0 Å². The fraction of sp³-hybridized carbons (Fsp3) is 0.258. The van der Waals surface area contributed by atoms with Crippen LogP contribution < -0.4 is 11.1 Å². The summed E-state index contributed by atoms with van der Waals surface area (Å²) in [4.78, 5) is 51.1. The maximum atomic E-state index is 14.0. The van der Waals surface area contributed by atoms with Gasteiger partial charge in [-0.1, -0.05) is 91.3 Å². The van der Waals surface area contributed by atoms with Gasteiger partial charge in [0.1, 0.15) is 29.9 Å². The molecule has 5 rings (SSSR count). The average molecular weight is 618 g/mol. The van der Waals surface area contributed by atoms with Crippen LogP contribution in [0.2, 0.25) is 0 Å². The molecule has 10 nitrogen and oxygen atoms in total. The number of nitrogens with two attached hydrogens (primary N) is 1. The highest BCUT2D eigenvalue weighted by molar-refractivity contribution is 8.00. The number of hydrogen-bond acceptors (Lipinski definition) is 10. The molecule has 2 aliphatic heterocycles. The third-order valence-electron chi connectivity index (χ3n) is 6.84. The molecule has 1 aromatic heterocycles. The van der Waals surface area contributed by atoms with Crippen LogP contribution in [-0.2, 0) is 24.0 Å². The van der Waals surface area contributed by atoms with E-state index in [9.17, 15) is 14.4 Å². The molecular weight excluding hydrogens is 587 g/mol. The van der Waals surface area contributed by atoms with Gasteiger partial charge in [-0.3, -0.25) is 14.5 Å². The highest BCUT2D eigenvalue weighted by Gasteiger charge is 2.54. The number of thiazole rings is 1. The van der Waals surface area contributed by atoms with Gasteiger partial charge in [-0.2, -0.15) is 0 Å². The van der Waals surface area contributed by atoms with Crippen molar-refractivity contribution < 1.29 is 24.0 Å². The fourth-order valence-electron chi connectivity index (χ4n) is 4.80. The predicted octanol–water partition coefficient (Wildman–Crippen LogP) is 4.42. The Hall–Kier alpha value is -4.42. The molecule has 2 aromatic carbocycles. The van der Waals surface area contributed by atoms with E-state index in [1.165, 1.54) is 23.8 Å². The van der Waals surface area contributed by atoms with Gasteiger partial charge in [0.2, 0.25) is 0 Å². The zero-order chi connectivity index (χ0) is 30.3. The topological polar surface area (TPSA) is 136 Å². The van der Waals surface area contributed by atoms with E-state index in [1.54, 1.807) is 5.38 Å². The highest BCUT2D eigenvalue weighted by atomic mass is 32.2. The summed E-state index contributed by atoms with van der Waals surface area (Å²) in [7, 11) is 1.31. The monoisotopic (exact) mass is 617 g/mol. The van der Waals surface area contributed by atoms with E-state index in [2.05, 4.69) is 22.4 Å². The highest BCUT2D eigenvalue weighted by Crippen LogP contribution is 2.42. The van der Waals surface area contributed by atoms with Crippen LogP contribution in [0.4, 0.5) is 5.13 Å². The van der Waals surface area contributed by atoms with E-state index in [0.29, 0.717) is 11.3 Å². The summed E-state index contributed by atoms with van der Waals surface area (Å²) in [6, 6.07) is 18.0. The molecule has 2 amide bonds. The quantitative estimate of drug-likeness (QED) is 0.140. The number of ether oxygens (including phenoxy) is 1. The molecule has 2 aliphatic rings. The Bertz CT molecular complexity index is 1530. The van der Waals surface area contributed by atoms with Crippen molar-refractivity contribution in [1.82, 2.24) is 15.2 Å². The number of rotatable bonds is 11. The van der Waals surface area contributed by atoms with Gasteiger partial charge < -0.3 is 20.6 Å². The van der Waals surface area contributed by atoms with E-state index in [0.717, 1.165) is 35.3 Å². The molecule has 3 N–H and O–H groups in total. The summed E-state index contributed by atoms with van der Waals surface area (Å²) in [6.45, 7) is 2.07. The first-order valence-corrected chi connectivity index (χ1v) is 15.6. The van der Waals surface area contributed by atoms with Gasteiger partial charge in [-0.05, 0) is 23.1 Å². The second-order valence-electron chi connectivity index (χ2n) is 9.73. The maximum absolute atomic E-state index is 14.0. The van der Waals surface area contributed by atoms with E-state index in [4.69, 9.17) is 15.3 Å². The first kappa shape index (κ1) is 30.1. The second kappa shape index (κ2) is 13.7. The summed E-state index contributed by atoms with van der Waals surface area (Å²) in [6.07, 6.45) is 4.97. The summed E-state index contributed by atoms with van der Waals surface area (Å²) >= 11 is 2.61. The molecule has 2 atom stereocenters. The summed E-state index contributed by atoms with van der Waals surface area (Å²) in [5.41, 5.74) is 8.35. The summed E-state index contributed by atoms with van der Waals surface area (Å²) in [5, 5.41) is 7.88. The number of carbonyl (C=O) groups excluding carboxylic acids is 3. The minimum Gasteiger partial charge on any atom is -0.448 e. The van der Waals surface area contributed by atoms with Crippen molar-refractivity contribution in [1.29, 1.82) is 0 Å². The number of aromatic nitrogens is 1. The second-order valence-corrected chi connectivity index (χ2v) is 11.7. The first-order valence-electron chi connectivity index (χ1n) is 13.7. The average Bonchev–Trinajstić information content (AvgIpc) is 3.47. The molecule has 0 saturated carbocycles. The Kier molecular flexibility index (Phi) is 9.58. The first-order chi connectivity index (χ1) is 20.9. The molecule has 0 spiro atoms. The van der Waals surface area contributed by atoms with Gasteiger partial charge in [0.05, 0.1) is 0 Å². The number of unbranched alkanes of at least 4 members (excludes halogenated alkanes) is 1. The number of anilines is 1. The van der Waals surface area contributed by atoms with E-state index >= 15 is 0 Å². The van der Waals surface area contributed by atoms with Crippen molar-refractivity contribution in [3.63, 3.8) is 0 Å². The molecule has 222 valence electrons. The van der Waals surface area contributed by atoms with Gasteiger partial charge in [0.15, 0.2) is 16.9 Å². The van der Waals surface area contributed by atoms with Crippen molar-refractivity contribution in [2.75, 3.05) is 18.6 Å². The van der Waals surface area contributed by atoms with Crippen molar-refractivity contribution in [2.45, 2.75) is 37.3 Å². The lowest BCUT2D eigenvalue weighted by Gasteiger charge is -2.49. The van der Waals surface area contributed by atoms with Gasteiger partial charge in [0, 0.05) is 11.1 Å². The number of fused-ring (bicyclic) bond motifs is 1. The smallest absolute Gasteiger partial charge is 0.356 e. The lowest BCUT2D eigenvalue weighted by molar-refractivity contribution is -0.154. The van der Waals surface area contributed by atoms with Gasteiger partial charge in [-0.25, -0.2) is 9.78 Å². The van der Waals surface area contributed by atoms with Crippen molar-refractivity contribution in [2.24, 2.45) is 5.16 Å². The predicted molar refractivity (Wildman–Crippen MR) is 167 cm³/mol. The standard InChI is InChI=1S/C31H31N5O5S2/c1-3-4-7-16-21-17-42-29-24(34-27(37)23(35-40-2)22-18-43-31(32)33-22)28(38)36(29)25(21)30(39)41-26(19-12-8-5-9-13-19)20-14-10-6-11-15-20/h5-16,18,24,26,29H,3-4,17H2,1-2H3,(H2,32,33)(H,34,37)/b16-7?,35-23-/t24?,29-/m1/s1. The zero-order valence-corrected chi connectivity index (χ0v) is 25.3. The van der Waals surface area contributed by atoms with Gasteiger partial charge in [0.25, 0.3) is 11.8 Å². The van der Waals surface area contributed by atoms with Crippen molar-refractivity contribution >= 4 is 51.7 Å². The van der Waals surface area contributed by atoms with Crippen LogP contribution in [0, 0.1) is 0 Å². The number of carbonyl (C=O) groups is 3. The molecule has 1 saturated heterocycles. The molecule has 0 aliphatic carbocycles. The molecule has 1 unspecified atom stereocenters. The molecule has 1 fully saturated rings. The summed E-state index contributed by atoms with van der Waals surface area (Å²) in [5.74, 6) is -1.23. The number of oxime groups is 1. The Morgan fingerprint density at radius 1 is 1.16 bits per heavy atom. The Balaban J connectivity index is 1.42. The molecule has 12 heteroatoms. The van der Waals surface area contributed by atoms with Crippen LogP contribution in [0.15, 0.2) is 94.6 Å². The normalized spacial score (nSPS) is 18.4. The van der Waals surface area contributed by atoms with Crippen LogP contribution in [0.1, 0.15) is 42.7 Å². The SMILES string of the molecule is CCCC=CC1=C(C(=O)OC(c2ccccc2)c2ccccc2)N2C(=O)C(NC(=O)/C(=N\OC)c3csc(N)n3)[C@H]2SC1. The number of esters is 1. The molecular formula is C31H31N5O5S2. The number of nitrogens with one attached hydrogen (secondary N) is 1. The Morgan fingerprint density at radius 3 is 2.42 bits per heavy atom. The number of nitrogens with zero attached hydrogens (tertiary/aromatic N) is 3. The van der Waals surface area contributed by atoms with E-state index in [-0.39, 0.29) is 22.2 Å². The van der Waals surface area contributed by atoms with Crippen LogP contribution >= 0.6 is 23.1 Å². The number of benzene rings is 2. The van der Waals surface area contributed by atoms with Crippen molar-refractivity contribution in [3.05, 3.63) is 106 Å². The molecule has 3 heterocycles. The minimum absolute atomic E-state index is 0.102. The lowest BCUT2D eigenvalue weighted by atomic mass is 10.00. The third-order valence-corrected chi connectivity index (χ3v) is 8.82. The van der Waals surface area contributed by atoms with Gasteiger partial charge in [-0.15, -0.1) is 23.1 Å². The number of hydrogen-bond donors (Lipinski definition) is 2. The Morgan fingerprint density at radius 2 is 1.84 bits per heavy atom. The zero-order valence-electron chi connectivity index (χ0n) is 23.6. The molecule has 3 aromatic rings. The molecule has 0 radical (unpaired) electrons. The third kappa shape index (κ3) is 6.50. The number of amides is 2. The summed E-state index contributed by atoms with van der Waals surface area (Å²) < 4.78 is 6.17. The van der Waals surface area contributed by atoms with Crippen LogP contribution in [-0.4, -0.2) is 57.7 Å². The fourth-order valence-corrected chi connectivity index (χ4v) is 6.67. The molecule has 43 heavy (non-hydrogen) atoms. The maximum Gasteiger partial charge on any atom is 0.356 e. The van der Waals surface area contributed by atoms with Crippen LogP contribution in [0.3, 0.4) is 0 Å².